The molecule has 0 amide bonds. The molecule has 0 saturated carbocycles. The lowest BCUT2D eigenvalue weighted by Gasteiger charge is -2.05. The third kappa shape index (κ3) is 2.21. The van der Waals surface area contributed by atoms with Gasteiger partial charge in [-0.25, -0.2) is 9.78 Å². The molecule has 0 unspecified atom stereocenters. The van der Waals surface area contributed by atoms with Gasteiger partial charge in [0.2, 0.25) is 0 Å². The van der Waals surface area contributed by atoms with E-state index in [2.05, 4.69) is 9.97 Å². The van der Waals surface area contributed by atoms with E-state index in [0.29, 0.717) is 10.7 Å². The van der Waals surface area contributed by atoms with Gasteiger partial charge in [-0.15, -0.1) is 0 Å². The number of hydrogen-bond acceptors (Lipinski definition) is 3. The fraction of sp³-hybridized carbons (Fsp3) is 0. The molecule has 2 aromatic heterocycles. The van der Waals surface area contributed by atoms with Crippen molar-refractivity contribution in [1.82, 2.24) is 9.97 Å². The van der Waals surface area contributed by atoms with E-state index in [4.69, 9.17) is 16.7 Å². The van der Waals surface area contributed by atoms with Gasteiger partial charge < -0.3 is 5.11 Å². The molecule has 0 aliphatic carbocycles. The Hall–Kier alpha value is -2.46. The zero-order valence-electron chi connectivity index (χ0n) is 10.2. The second-order valence-electron chi connectivity index (χ2n) is 4.26. The van der Waals surface area contributed by atoms with Crippen molar-refractivity contribution in [1.29, 1.82) is 0 Å². The molecule has 0 aliphatic rings. The van der Waals surface area contributed by atoms with E-state index in [0.717, 1.165) is 16.5 Å². The van der Waals surface area contributed by atoms with Gasteiger partial charge in [0, 0.05) is 23.3 Å². The first-order chi connectivity index (χ1) is 9.65. The molecule has 0 atom stereocenters. The highest BCUT2D eigenvalue weighted by molar-refractivity contribution is 6.35. The first-order valence-corrected chi connectivity index (χ1v) is 6.27. The maximum atomic E-state index is 10.8. The number of carbonyl (C=O) groups is 1. The van der Waals surface area contributed by atoms with Crippen LogP contribution in [0.2, 0.25) is 5.02 Å². The molecule has 0 saturated heterocycles. The summed E-state index contributed by atoms with van der Waals surface area (Å²) < 4.78 is 0. The van der Waals surface area contributed by atoms with Gasteiger partial charge in [-0.1, -0.05) is 23.7 Å². The smallest absolute Gasteiger partial charge is 0.335 e. The Kier molecular flexibility index (Phi) is 3.08. The van der Waals surface area contributed by atoms with Crippen LogP contribution in [-0.2, 0) is 0 Å². The van der Waals surface area contributed by atoms with Crippen LogP contribution < -0.4 is 0 Å². The van der Waals surface area contributed by atoms with Gasteiger partial charge in [0.15, 0.2) is 0 Å². The van der Waals surface area contributed by atoms with Crippen LogP contribution in [0.4, 0.5) is 0 Å². The number of benzene rings is 1. The molecule has 0 spiro atoms. The molecule has 0 radical (unpaired) electrons. The molecule has 1 aromatic carbocycles. The molecule has 3 rings (SSSR count). The van der Waals surface area contributed by atoms with Gasteiger partial charge in [-0.2, -0.15) is 0 Å². The first-order valence-electron chi connectivity index (χ1n) is 5.89. The van der Waals surface area contributed by atoms with Gasteiger partial charge in [-0.3, -0.25) is 4.98 Å². The van der Waals surface area contributed by atoms with Crippen LogP contribution in [0.15, 0.2) is 48.8 Å². The molecule has 0 aliphatic heterocycles. The van der Waals surface area contributed by atoms with Crippen LogP contribution in [0.3, 0.4) is 0 Å². The van der Waals surface area contributed by atoms with Crippen molar-refractivity contribution in [3.05, 3.63) is 59.4 Å². The van der Waals surface area contributed by atoms with Crippen molar-refractivity contribution in [2.24, 2.45) is 0 Å². The second kappa shape index (κ2) is 4.90. The summed E-state index contributed by atoms with van der Waals surface area (Å²) in [6.07, 6.45) is 3.32. The van der Waals surface area contributed by atoms with Gasteiger partial charge in [0.1, 0.15) is 0 Å². The minimum Gasteiger partial charge on any atom is -0.478 e. The summed E-state index contributed by atoms with van der Waals surface area (Å²) in [4.78, 5) is 19.4. The second-order valence-corrected chi connectivity index (χ2v) is 4.67. The number of carboxylic acids is 1. The lowest BCUT2D eigenvalue weighted by Crippen LogP contribution is -1.95. The van der Waals surface area contributed by atoms with E-state index in [1.807, 2.05) is 0 Å². The molecule has 4 nitrogen and oxygen atoms in total. The first kappa shape index (κ1) is 12.6. The summed E-state index contributed by atoms with van der Waals surface area (Å²) >= 11 is 6.22. The van der Waals surface area contributed by atoms with Gasteiger partial charge in [0.25, 0.3) is 0 Å². The Morgan fingerprint density at radius 1 is 1.15 bits per heavy atom. The van der Waals surface area contributed by atoms with E-state index in [1.54, 1.807) is 48.8 Å². The van der Waals surface area contributed by atoms with Crippen molar-refractivity contribution in [3.63, 3.8) is 0 Å². The standard InChI is InChI=1S/C15H9ClN2O2/c16-12-7-14(18-13-5-6-17-8-11(12)13)9-1-3-10(4-2-9)15(19)20/h1-8H,(H,19,20). The molecule has 0 fully saturated rings. The van der Waals surface area contributed by atoms with E-state index in [1.165, 1.54) is 0 Å². The topological polar surface area (TPSA) is 63.1 Å². The number of carboxylic acid groups (broad SMARTS) is 1. The van der Waals surface area contributed by atoms with E-state index in [-0.39, 0.29) is 5.56 Å². The molecule has 98 valence electrons. The number of aromatic nitrogens is 2. The number of hydrogen-bond donors (Lipinski definition) is 1. The fourth-order valence-electron chi connectivity index (χ4n) is 1.96. The molecule has 3 aromatic rings. The SMILES string of the molecule is O=C(O)c1ccc(-c2cc(Cl)c3cnccc3n2)cc1. The van der Waals surface area contributed by atoms with E-state index in [9.17, 15) is 4.79 Å². The number of nitrogens with zero attached hydrogens (tertiary/aromatic N) is 2. The number of pyridine rings is 2. The van der Waals surface area contributed by atoms with Gasteiger partial charge in [-0.05, 0) is 24.3 Å². The molecule has 0 bridgehead atoms. The summed E-state index contributed by atoms with van der Waals surface area (Å²) in [6, 6.07) is 10.1. The minimum atomic E-state index is -0.952. The number of halogens is 1. The van der Waals surface area contributed by atoms with Crippen LogP contribution in [0, 0.1) is 0 Å². The Balaban J connectivity index is 2.12. The molecule has 20 heavy (non-hydrogen) atoms. The lowest BCUT2D eigenvalue weighted by molar-refractivity contribution is 0.0697. The van der Waals surface area contributed by atoms with Crippen LogP contribution in [-0.4, -0.2) is 21.0 Å². The largest absolute Gasteiger partial charge is 0.478 e. The highest BCUT2D eigenvalue weighted by atomic mass is 35.5. The average molecular weight is 285 g/mol. The van der Waals surface area contributed by atoms with Gasteiger partial charge in [0.05, 0.1) is 21.8 Å². The zero-order valence-corrected chi connectivity index (χ0v) is 11.0. The summed E-state index contributed by atoms with van der Waals surface area (Å²) in [5.74, 6) is -0.952. The summed E-state index contributed by atoms with van der Waals surface area (Å²) in [5, 5.41) is 10.2. The third-order valence-corrected chi connectivity index (χ3v) is 3.30. The van der Waals surface area contributed by atoms with Crippen molar-refractivity contribution in [3.8, 4) is 11.3 Å². The molecular weight excluding hydrogens is 276 g/mol. The van der Waals surface area contributed by atoms with E-state index < -0.39 is 5.97 Å². The van der Waals surface area contributed by atoms with Gasteiger partial charge >= 0.3 is 5.97 Å². The molecule has 5 heteroatoms. The lowest BCUT2D eigenvalue weighted by atomic mass is 10.1. The van der Waals surface area contributed by atoms with Crippen molar-refractivity contribution in [2.45, 2.75) is 0 Å². The molecular formula is C15H9ClN2O2. The Labute approximate surface area is 119 Å². The third-order valence-electron chi connectivity index (χ3n) is 2.99. The normalized spacial score (nSPS) is 10.7. The van der Waals surface area contributed by atoms with E-state index >= 15 is 0 Å². The number of rotatable bonds is 2. The summed E-state index contributed by atoms with van der Waals surface area (Å²) in [6.45, 7) is 0. The summed E-state index contributed by atoms with van der Waals surface area (Å²) in [5.41, 5.74) is 2.51. The predicted molar refractivity (Wildman–Crippen MR) is 76.9 cm³/mol. The maximum absolute atomic E-state index is 10.8. The monoisotopic (exact) mass is 284 g/mol. The van der Waals surface area contributed by atoms with Crippen molar-refractivity contribution in [2.75, 3.05) is 0 Å². The maximum Gasteiger partial charge on any atom is 0.335 e. The fourth-order valence-corrected chi connectivity index (χ4v) is 2.21. The Morgan fingerprint density at radius 3 is 2.60 bits per heavy atom. The van der Waals surface area contributed by atoms with Crippen LogP contribution in [0.5, 0.6) is 0 Å². The highest BCUT2D eigenvalue weighted by Crippen LogP contribution is 2.27. The Morgan fingerprint density at radius 2 is 1.90 bits per heavy atom. The summed E-state index contributed by atoms with van der Waals surface area (Å²) in [7, 11) is 0. The predicted octanol–water partition coefficient (Wildman–Crippen LogP) is 3.65. The van der Waals surface area contributed by atoms with Crippen molar-refractivity contribution < 1.29 is 9.90 Å². The highest BCUT2D eigenvalue weighted by Gasteiger charge is 2.07. The minimum absolute atomic E-state index is 0.241. The quantitative estimate of drug-likeness (QED) is 0.780. The van der Waals surface area contributed by atoms with Crippen LogP contribution >= 0.6 is 11.6 Å². The average Bonchev–Trinajstić information content (AvgIpc) is 2.47. The van der Waals surface area contributed by atoms with Crippen LogP contribution in [0.25, 0.3) is 22.2 Å². The molecule has 2 heterocycles. The number of aromatic carboxylic acids is 1. The zero-order chi connectivity index (χ0) is 14.1. The van der Waals surface area contributed by atoms with Crippen LogP contribution in [0.1, 0.15) is 10.4 Å². The molecule has 1 N–H and O–H groups in total. The Bertz CT molecular complexity index is 801. The van der Waals surface area contributed by atoms with Crippen molar-refractivity contribution >= 4 is 28.5 Å². The number of fused-ring (bicyclic) bond motifs is 1.